The topological polar surface area (TPSA) is 172 Å². The third-order valence-electron chi connectivity index (χ3n) is 10.4. The highest BCUT2D eigenvalue weighted by atomic mass is 35.5. The minimum atomic E-state index is -1.26. The summed E-state index contributed by atoms with van der Waals surface area (Å²) in [5.74, 6) is -2.00. The molecule has 2 aromatic rings. The molecule has 3 heterocycles. The van der Waals surface area contributed by atoms with Crippen LogP contribution in [0.2, 0.25) is 5.02 Å². The van der Waals surface area contributed by atoms with Crippen molar-refractivity contribution in [3.8, 4) is 11.5 Å². The van der Waals surface area contributed by atoms with Crippen LogP contribution in [0.4, 0.5) is 4.79 Å². The van der Waals surface area contributed by atoms with E-state index in [-0.39, 0.29) is 47.0 Å². The first kappa shape index (κ1) is 37.2. The maximum absolute atomic E-state index is 14.5. The normalized spacial score (nSPS) is 27.3. The molecule has 280 valence electrons. The molecule has 4 aliphatic rings. The largest absolute Gasteiger partial charge is 0.495 e. The van der Waals surface area contributed by atoms with Gasteiger partial charge in [-0.3, -0.25) is 9.59 Å². The van der Waals surface area contributed by atoms with E-state index in [0.717, 1.165) is 44.9 Å². The molecule has 2 aliphatic carbocycles. The third kappa shape index (κ3) is 7.76. The highest BCUT2D eigenvalue weighted by molar-refractivity contribution is 6.36. The predicted octanol–water partition coefficient (Wildman–Crippen LogP) is 4.64. The fraction of sp³-hybridized carbons (Fsp3) is 0.568. The molecular weight excluding hydrogens is 696 g/mol. The van der Waals surface area contributed by atoms with Crippen LogP contribution in [0.1, 0.15) is 81.1 Å². The molecule has 52 heavy (non-hydrogen) atoms. The van der Waals surface area contributed by atoms with Crippen molar-refractivity contribution in [2.24, 2.45) is 5.92 Å². The second-order valence-electron chi connectivity index (χ2n) is 13.8. The Hall–Kier alpha value is -4.59. The van der Waals surface area contributed by atoms with Crippen LogP contribution in [0, 0.1) is 5.92 Å². The number of rotatable bonds is 7. The SMILES string of the molecule is COC(=O)c1cc(O[C@@H]2C[C@H]3C(=O)N[C@]4(C(=O)OC)CC4/C=C\CCCCC[C@H](NC(=O)OC4CCCC4)C(=O)N3C2)c2ccc(OC)c(Cl)c2n1. The summed E-state index contributed by atoms with van der Waals surface area (Å²) >= 11 is 6.61. The number of allylic oxidation sites excluding steroid dienone is 1. The molecule has 0 bridgehead atoms. The number of benzene rings is 1. The maximum Gasteiger partial charge on any atom is 0.408 e. The van der Waals surface area contributed by atoms with Gasteiger partial charge in [0.25, 0.3) is 0 Å². The number of esters is 2. The second kappa shape index (κ2) is 16.0. The van der Waals surface area contributed by atoms with Gasteiger partial charge in [-0.1, -0.05) is 36.6 Å². The molecule has 2 N–H and O–H groups in total. The lowest BCUT2D eigenvalue weighted by molar-refractivity contribution is -0.148. The van der Waals surface area contributed by atoms with Crippen molar-refractivity contribution in [3.63, 3.8) is 0 Å². The highest BCUT2D eigenvalue weighted by Gasteiger charge is 2.62. The Morgan fingerprint density at radius 2 is 1.75 bits per heavy atom. The smallest absolute Gasteiger partial charge is 0.408 e. The predicted molar refractivity (Wildman–Crippen MR) is 188 cm³/mol. The molecule has 5 atom stereocenters. The van der Waals surface area contributed by atoms with E-state index in [2.05, 4.69) is 15.6 Å². The van der Waals surface area contributed by atoms with Crippen molar-refractivity contribution < 1.29 is 47.7 Å². The molecule has 15 heteroatoms. The fourth-order valence-corrected chi connectivity index (χ4v) is 7.79. The number of carbonyl (C=O) groups is 5. The van der Waals surface area contributed by atoms with Crippen LogP contribution in [0.3, 0.4) is 0 Å². The van der Waals surface area contributed by atoms with Gasteiger partial charge in [0.05, 0.1) is 33.4 Å². The lowest BCUT2D eigenvalue weighted by atomic mass is 10.0. The Morgan fingerprint density at radius 3 is 2.48 bits per heavy atom. The number of hydrogen-bond donors (Lipinski definition) is 2. The summed E-state index contributed by atoms with van der Waals surface area (Å²) < 4.78 is 27.5. The fourth-order valence-electron chi connectivity index (χ4n) is 7.50. The zero-order valence-corrected chi connectivity index (χ0v) is 30.4. The highest BCUT2D eigenvalue weighted by Crippen LogP contribution is 2.46. The van der Waals surface area contributed by atoms with Crippen molar-refractivity contribution >= 4 is 52.4 Å². The lowest BCUT2D eigenvalue weighted by Crippen LogP contribution is -2.56. The molecule has 3 fully saturated rings. The summed E-state index contributed by atoms with van der Waals surface area (Å²) in [7, 11) is 3.96. The van der Waals surface area contributed by atoms with Crippen LogP contribution in [-0.4, -0.2) is 97.4 Å². The van der Waals surface area contributed by atoms with Gasteiger partial charge in [0.2, 0.25) is 11.8 Å². The number of ether oxygens (including phenoxy) is 5. The first-order valence-corrected chi connectivity index (χ1v) is 18.2. The van der Waals surface area contributed by atoms with Crippen LogP contribution in [0.5, 0.6) is 11.5 Å². The third-order valence-corrected chi connectivity index (χ3v) is 10.8. The van der Waals surface area contributed by atoms with Crippen LogP contribution in [0.15, 0.2) is 30.4 Å². The monoisotopic (exact) mass is 740 g/mol. The van der Waals surface area contributed by atoms with E-state index in [1.807, 2.05) is 12.2 Å². The van der Waals surface area contributed by atoms with Gasteiger partial charge in [-0.2, -0.15) is 0 Å². The number of fused-ring (bicyclic) bond motifs is 3. The second-order valence-corrected chi connectivity index (χ2v) is 14.2. The van der Waals surface area contributed by atoms with E-state index < -0.39 is 53.6 Å². The van der Waals surface area contributed by atoms with Crippen molar-refractivity contribution in [2.75, 3.05) is 27.9 Å². The number of aromatic nitrogens is 1. The van der Waals surface area contributed by atoms with Crippen molar-refractivity contribution in [1.82, 2.24) is 20.5 Å². The molecule has 1 unspecified atom stereocenters. The molecule has 0 radical (unpaired) electrons. The maximum atomic E-state index is 14.5. The molecule has 6 rings (SSSR count). The zero-order chi connectivity index (χ0) is 37.0. The van der Waals surface area contributed by atoms with Gasteiger partial charge in [0.15, 0.2) is 5.69 Å². The lowest BCUT2D eigenvalue weighted by Gasteiger charge is -2.29. The average Bonchev–Trinajstić information content (AvgIpc) is 3.42. The number of halogens is 1. The Labute approximate surface area is 306 Å². The number of nitrogens with one attached hydrogen (secondary N) is 2. The molecule has 2 aliphatic heterocycles. The van der Waals surface area contributed by atoms with Crippen molar-refractivity contribution in [2.45, 2.75) is 100 Å². The molecule has 1 aromatic heterocycles. The summed E-state index contributed by atoms with van der Waals surface area (Å²) in [6.45, 7) is -0.0391. The molecule has 0 spiro atoms. The Balaban J connectivity index is 1.33. The van der Waals surface area contributed by atoms with Gasteiger partial charge >= 0.3 is 18.0 Å². The number of alkyl carbamates (subject to hydrolysis) is 1. The number of nitrogens with zero attached hydrogens (tertiary/aromatic N) is 2. The molecule has 1 saturated heterocycles. The van der Waals surface area contributed by atoms with Crippen LogP contribution in [0.25, 0.3) is 10.9 Å². The Bertz CT molecular complexity index is 1750. The number of methoxy groups -OCH3 is 3. The van der Waals surface area contributed by atoms with Crippen LogP contribution in [-0.2, 0) is 28.6 Å². The van der Waals surface area contributed by atoms with E-state index in [4.69, 9.17) is 35.3 Å². The molecular formula is C37H45ClN4O10. The number of pyridine rings is 1. The van der Waals surface area contributed by atoms with Gasteiger partial charge in [-0.15, -0.1) is 0 Å². The number of amides is 3. The zero-order valence-electron chi connectivity index (χ0n) is 29.6. The standard InChI is InChI=1S/C37H45ClN4O10/c1-48-28-16-15-24-29(18-26(34(45)49-2)39-31(24)30(28)38)51-23-17-27-32(43)41-37(35(46)50-3)19-21(37)11-7-5-4-6-8-14-25(33(44)42(27)20-23)40-36(47)52-22-12-9-10-13-22/h7,11,15-16,18,21-23,25,27H,4-6,8-10,12-14,17,19-20H2,1-3H3,(H,40,47)(H,41,43)/b11-7-/t21?,23-,25+,27+,37-/m1/s1. The van der Waals surface area contributed by atoms with E-state index >= 15 is 0 Å². The van der Waals surface area contributed by atoms with E-state index in [9.17, 15) is 24.0 Å². The Morgan fingerprint density at radius 1 is 0.981 bits per heavy atom. The first-order valence-electron chi connectivity index (χ1n) is 17.9. The van der Waals surface area contributed by atoms with E-state index in [1.54, 1.807) is 12.1 Å². The van der Waals surface area contributed by atoms with Gasteiger partial charge in [0.1, 0.15) is 46.4 Å². The number of carbonyl (C=O) groups excluding carboxylic acids is 5. The van der Waals surface area contributed by atoms with Gasteiger partial charge in [0, 0.05) is 23.8 Å². The van der Waals surface area contributed by atoms with Crippen molar-refractivity contribution in [1.29, 1.82) is 0 Å². The van der Waals surface area contributed by atoms with Gasteiger partial charge in [-0.25, -0.2) is 19.4 Å². The molecule has 14 nitrogen and oxygen atoms in total. The molecule has 1 aromatic carbocycles. The summed E-state index contributed by atoms with van der Waals surface area (Å²) in [4.78, 5) is 73.2. The minimum Gasteiger partial charge on any atom is -0.495 e. The quantitative estimate of drug-likeness (QED) is 0.230. The number of hydrogen-bond acceptors (Lipinski definition) is 11. The van der Waals surface area contributed by atoms with Gasteiger partial charge < -0.3 is 39.2 Å². The van der Waals surface area contributed by atoms with E-state index in [1.165, 1.54) is 32.3 Å². The van der Waals surface area contributed by atoms with Crippen LogP contribution < -0.4 is 20.1 Å². The summed E-state index contributed by atoms with van der Waals surface area (Å²) in [5, 5.41) is 6.34. The average molecular weight is 741 g/mol. The summed E-state index contributed by atoms with van der Waals surface area (Å²) in [6.07, 6.45) is 9.62. The Kier molecular flexibility index (Phi) is 11.4. The summed E-state index contributed by atoms with van der Waals surface area (Å²) in [6, 6.07) is 2.71. The molecule has 3 amide bonds. The molecule has 2 saturated carbocycles. The van der Waals surface area contributed by atoms with E-state index in [0.29, 0.717) is 30.4 Å². The first-order chi connectivity index (χ1) is 25.1. The minimum absolute atomic E-state index is 0.0375. The van der Waals surface area contributed by atoms with Crippen LogP contribution >= 0.6 is 11.6 Å². The summed E-state index contributed by atoms with van der Waals surface area (Å²) in [5.41, 5.74) is -1.09. The van der Waals surface area contributed by atoms with Crippen molar-refractivity contribution in [3.05, 3.63) is 41.1 Å². The van der Waals surface area contributed by atoms with Gasteiger partial charge in [-0.05, 0) is 63.5 Å².